The molecule has 0 amide bonds. The maximum atomic E-state index is 12.3. The van der Waals surface area contributed by atoms with Crippen LogP contribution in [0.15, 0.2) is 24.3 Å². The zero-order valence-electron chi connectivity index (χ0n) is 16.0. The van der Waals surface area contributed by atoms with Crippen LogP contribution in [0, 0.1) is 0 Å². The molecule has 1 aliphatic rings. The van der Waals surface area contributed by atoms with E-state index in [4.69, 9.17) is 9.47 Å². The van der Waals surface area contributed by atoms with Gasteiger partial charge < -0.3 is 13.7 Å². The Morgan fingerprint density at radius 1 is 1.25 bits per heavy atom. The average Bonchev–Trinajstić information content (AvgIpc) is 2.58. The predicted octanol–water partition coefficient (Wildman–Crippen LogP) is 3.35. The molecule has 0 saturated carbocycles. The van der Waals surface area contributed by atoms with Crippen molar-refractivity contribution in [2.75, 3.05) is 26.2 Å². The number of halogens is 3. The molecule has 0 spiro atoms. The van der Waals surface area contributed by atoms with Crippen LogP contribution in [0.1, 0.15) is 38.9 Å². The van der Waals surface area contributed by atoms with E-state index >= 15 is 0 Å². The Labute approximate surface area is 164 Å². The van der Waals surface area contributed by atoms with Crippen molar-refractivity contribution < 1.29 is 35.8 Å². The maximum absolute atomic E-state index is 12.3. The maximum Gasteiger partial charge on any atom is 0.508 e. The Morgan fingerprint density at radius 3 is 2.46 bits per heavy atom. The van der Waals surface area contributed by atoms with Crippen molar-refractivity contribution in [1.82, 2.24) is 4.90 Å². The van der Waals surface area contributed by atoms with Crippen LogP contribution in [0.25, 0.3) is 0 Å². The number of morpholine rings is 1. The van der Waals surface area contributed by atoms with Gasteiger partial charge in [0, 0.05) is 19.6 Å². The number of esters is 1. The molecule has 0 bridgehead atoms. The summed E-state index contributed by atoms with van der Waals surface area (Å²) in [5.41, 5.74) is -4.70. The van der Waals surface area contributed by atoms with Gasteiger partial charge in [0.1, 0.15) is 11.4 Å². The van der Waals surface area contributed by atoms with Crippen LogP contribution >= 0.6 is 0 Å². The first-order chi connectivity index (χ1) is 12.9. The van der Waals surface area contributed by atoms with Crippen LogP contribution < -0.4 is 4.18 Å². The second-order valence-electron chi connectivity index (χ2n) is 7.33. The van der Waals surface area contributed by atoms with Crippen LogP contribution in [-0.2, 0) is 25.3 Å². The van der Waals surface area contributed by atoms with E-state index in [0.717, 1.165) is 5.56 Å². The zero-order valence-corrected chi connectivity index (χ0v) is 16.8. The molecule has 2 unspecified atom stereocenters. The predicted molar refractivity (Wildman–Crippen MR) is 96.9 cm³/mol. The molecule has 1 aromatic carbocycles. The van der Waals surface area contributed by atoms with E-state index in [-0.39, 0.29) is 24.2 Å². The van der Waals surface area contributed by atoms with E-state index in [1.807, 2.05) is 20.8 Å². The third-order valence-electron chi connectivity index (χ3n) is 3.82. The first-order valence-corrected chi connectivity index (χ1v) is 9.84. The van der Waals surface area contributed by atoms with Gasteiger partial charge in [-0.3, -0.25) is 9.69 Å². The van der Waals surface area contributed by atoms with Crippen LogP contribution in [0.2, 0.25) is 0 Å². The minimum Gasteiger partial charge on any atom is -0.460 e. The number of nitrogens with zero attached hydrogens (tertiary/aromatic N) is 1. The highest BCUT2D eigenvalue weighted by atomic mass is 32.2. The minimum atomic E-state index is -4.93. The molecule has 0 radical (unpaired) electrons. The van der Waals surface area contributed by atoms with Crippen molar-refractivity contribution in [3.05, 3.63) is 29.8 Å². The highest BCUT2D eigenvalue weighted by Crippen LogP contribution is 2.27. The fourth-order valence-electron chi connectivity index (χ4n) is 2.62. The van der Waals surface area contributed by atoms with Crippen LogP contribution in [0.3, 0.4) is 0 Å². The Bertz CT molecular complexity index is 688. The first-order valence-electron chi connectivity index (χ1n) is 8.77. The smallest absolute Gasteiger partial charge is 0.460 e. The second kappa shape index (κ2) is 9.23. The summed E-state index contributed by atoms with van der Waals surface area (Å²) in [6.07, 6.45) is -0.0189. The van der Waals surface area contributed by atoms with Gasteiger partial charge in [0.05, 0.1) is 19.1 Å². The molecule has 10 heteroatoms. The molecule has 0 aliphatic carbocycles. The minimum absolute atomic E-state index is 0.142. The third kappa shape index (κ3) is 7.40. The van der Waals surface area contributed by atoms with Crippen molar-refractivity contribution >= 4 is 17.0 Å². The van der Waals surface area contributed by atoms with Crippen molar-refractivity contribution in [1.29, 1.82) is 0 Å². The number of carbonyl (C=O) groups excluding carboxylic acids is 1. The summed E-state index contributed by atoms with van der Waals surface area (Å²) in [6.45, 7) is 7.65. The highest BCUT2D eigenvalue weighted by Gasteiger charge is 2.40. The SMILES string of the molecule is CC(C)(C)OC(=O)CCN1CCOC(c2ccc(OS(=O)C(F)(F)F)cc2)C1. The molecule has 1 saturated heterocycles. The van der Waals surface area contributed by atoms with Gasteiger partial charge >= 0.3 is 22.6 Å². The number of alkyl halides is 3. The summed E-state index contributed by atoms with van der Waals surface area (Å²) in [7, 11) is 0. The number of hydrogen-bond donors (Lipinski definition) is 0. The third-order valence-corrected chi connectivity index (χ3v) is 4.54. The first kappa shape index (κ1) is 22.6. The normalized spacial score (nSPS) is 19.9. The Morgan fingerprint density at radius 2 is 1.89 bits per heavy atom. The Kier molecular flexibility index (Phi) is 7.46. The van der Waals surface area contributed by atoms with Gasteiger partial charge in [0.2, 0.25) is 0 Å². The largest absolute Gasteiger partial charge is 0.508 e. The molecular formula is C18H24F3NO5S. The number of rotatable bonds is 6. The second-order valence-corrected chi connectivity index (χ2v) is 8.43. The quantitative estimate of drug-likeness (QED) is 0.654. The summed E-state index contributed by atoms with van der Waals surface area (Å²) in [5, 5.41) is 0. The number of carbonyl (C=O) groups is 1. The molecule has 2 atom stereocenters. The highest BCUT2D eigenvalue weighted by molar-refractivity contribution is 7.81. The lowest BCUT2D eigenvalue weighted by Crippen LogP contribution is -2.39. The lowest BCUT2D eigenvalue weighted by Gasteiger charge is -2.33. The molecule has 1 aromatic rings. The molecule has 158 valence electrons. The fourth-order valence-corrected chi connectivity index (χ4v) is 3.00. The van der Waals surface area contributed by atoms with Crippen LogP contribution in [0.4, 0.5) is 13.2 Å². The van der Waals surface area contributed by atoms with Gasteiger partial charge in [-0.1, -0.05) is 12.1 Å². The summed E-state index contributed by atoms with van der Waals surface area (Å²) in [6, 6.07) is 5.79. The van der Waals surface area contributed by atoms with Crippen molar-refractivity contribution in [2.24, 2.45) is 0 Å². The van der Waals surface area contributed by atoms with Crippen molar-refractivity contribution in [2.45, 2.75) is 44.4 Å². The molecule has 6 nitrogen and oxygen atoms in total. The Hall–Kier alpha value is -1.65. The molecule has 1 aliphatic heterocycles. The van der Waals surface area contributed by atoms with Gasteiger partial charge in [-0.25, -0.2) is 4.21 Å². The van der Waals surface area contributed by atoms with Gasteiger partial charge in [-0.2, -0.15) is 13.2 Å². The average molecular weight is 423 g/mol. The summed E-state index contributed by atoms with van der Waals surface area (Å²) >= 11 is -3.40. The van der Waals surface area contributed by atoms with E-state index in [1.54, 1.807) is 12.1 Å². The monoisotopic (exact) mass is 423 g/mol. The van der Waals surface area contributed by atoms with Crippen LogP contribution in [0.5, 0.6) is 5.75 Å². The lowest BCUT2D eigenvalue weighted by molar-refractivity contribution is -0.155. The molecule has 0 N–H and O–H groups in total. The molecule has 2 rings (SSSR count). The van der Waals surface area contributed by atoms with E-state index in [2.05, 4.69) is 9.08 Å². The molecule has 1 fully saturated rings. The van der Waals surface area contributed by atoms with Gasteiger partial charge in [-0.05, 0) is 38.5 Å². The molecular weight excluding hydrogens is 399 g/mol. The molecule has 0 aromatic heterocycles. The van der Waals surface area contributed by atoms with Gasteiger partial charge in [0.25, 0.3) is 0 Å². The Balaban J connectivity index is 1.88. The summed E-state index contributed by atoms with van der Waals surface area (Å²) < 4.78 is 63.2. The van der Waals surface area contributed by atoms with Gasteiger partial charge in [-0.15, -0.1) is 0 Å². The topological polar surface area (TPSA) is 65.1 Å². The fraction of sp³-hybridized carbons (Fsp3) is 0.611. The number of ether oxygens (including phenoxy) is 2. The van der Waals surface area contributed by atoms with Gasteiger partial charge in [0.15, 0.2) is 0 Å². The van der Waals surface area contributed by atoms with Crippen molar-refractivity contribution in [3.8, 4) is 5.75 Å². The molecule has 1 heterocycles. The summed E-state index contributed by atoms with van der Waals surface area (Å²) in [4.78, 5) is 13.9. The van der Waals surface area contributed by atoms with E-state index in [1.165, 1.54) is 12.1 Å². The zero-order chi connectivity index (χ0) is 20.9. The molecule has 28 heavy (non-hydrogen) atoms. The number of benzene rings is 1. The lowest BCUT2D eigenvalue weighted by atomic mass is 10.1. The van der Waals surface area contributed by atoms with E-state index in [9.17, 15) is 22.2 Å². The van der Waals surface area contributed by atoms with Crippen molar-refractivity contribution in [3.63, 3.8) is 0 Å². The van der Waals surface area contributed by atoms with Crippen LogP contribution in [-0.4, -0.2) is 52.4 Å². The standard InChI is InChI=1S/C18H24F3NO5S/c1-17(2,3)26-16(23)8-9-22-10-11-25-15(12-22)13-4-6-14(7-5-13)27-28(24)18(19,20)21/h4-7,15H,8-12H2,1-3H3. The number of hydrogen-bond acceptors (Lipinski definition) is 6. The summed E-state index contributed by atoms with van der Waals surface area (Å²) in [5.74, 6) is -0.410. The van der Waals surface area contributed by atoms with E-state index < -0.39 is 22.2 Å². The van der Waals surface area contributed by atoms with E-state index in [0.29, 0.717) is 26.2 Å².